The van der Waals surface area contributed by atoms with Gasteiger partial charge >= 0.3 is 0 Å². The van der Waals surface area contributed by atoms with Crippen molar-refractivity contribution in [1.29, 1.82) is 0 Å². The summed E-state index contributed by atoms with van der Waals surface area (Å²) in [5, 5.41) is 0. The predicted octanol–water partition coefficient (Wildman–Crippen LogP) is 3.02. The Morgan fingerprint density at radius 2 is 1.68 bits per heavy atom. The number of aromatic nitrogens is 1. The normalized spacial score (nSPS) is 11.4. The second kappa shape index (κ2) is 7.55. The maximum absolute atomic E-state index is 12.4. The number of hydrogen-bond donors (Lipinski definition) is 1. The van der Waals surface area contributed by atoms with Crippen molar-refractivity contribution < 1.29 is 13.2 Å². The van der Waals surface area contributed by atoms with Gasteiger partial charge in [0.1, 0.15) is 5.75 Å². The standard InChI is InChI=1S/C19H20N2O3S/c1-24-18-9-11-19(12-10-18)25(22,23)20-14-17-8-5-13-21(17)15-16-6-3-2-4-7-16/h2-13,20H,14-15H2,1H3. The van der Waals surface area contributed by atoms with Crippen molar-refractivity contribution in [3.8, 4) is 5.75 Å². The van der Waals surface area contributed by atoms with Crippen LogP contribution in [-0.4, -0.2) is 20.1 Å². The molecule has 3 aromatic rings. The van der Waals surface area contributed by atoms with Gasteiger partial charge in [-0.25, -0.2) is 13.1 Å². The van der Waals surface area contributed by atoms with Crippen molar-refractivity contribution >= 4 is 10.0 Å². The largest absolute Gasteiger partial charge is 0.497 e. The highest BCUT2D eigenvalue weighted by Gasteiger charge is 2.14. The molecule has 0 spiro atoms. The highest BCUT2D eigenvalue weighted by molar-refractivity contribution is 7.89. The maximum atomic E-state index is 12.4. The van der Waals surface area contributed by atoms with Gasteiger partial charge in [0.2, 0.25) is 10.0 Å². The Morgan fingerprint density at radius 1 is 0.960 bits per heavy atom. The van der Waals surface area contributed by atoms with Crippen molar-refractivity contribution in [3.05, 3.63) is 84.2 Å². The van der Waals surface area contributed by atoms with E-state index in [2.05, 4.69) is 4.72 Å². The van der Waals surface area contributed by atoms with E-state index in [1.165, 1.54) is 12.1 Å². The summed E-state index contributed by atoms with van der Waals surface area (Å²) in [6, 6.07) is 20.2. The molecule has 5 nitrogen and oxygen atoms in total. The second-order valence-electron chi connectivity index (χ2n) is 5.61. The SMILES string of the molecule is COc1ccc(S(=O)(=O)NCc2cccn2Cc2ccccc2)cc1. The minimum absolute atomic E-state index is 0.217. The van der Waals surface area contributed by atoms with Crippen molar-refractivity contribution in [1.82, 2.24) is 9.29 Å². The Morgan fingerprint density at radius 3 is 2.36 bits per heavy atom. The summed E-state index contributed by atoms with van der Waals surface area (Å²) in [6.07, 6.45) is 1.95. The zero-order valence-corrected chi connectivity index (χ0v) is 14.7. The molecule has 0 amide bonds. The van der Waals surface area contributed by atoms with Gasteiger partial charge in [0.05, 0.1) is 18.6 Å². The zero-order valence-electron chi connectivity index (χ0n) is 13.9. The molecule has 0 aliphatic rings. The molecular formula is C19H20N2O3S. The molecule has 0 saturated heterocycles. The number of benzene rings is 2. The number of nitrogens with zero attached hydrogens (tertiary/aromatic N) is 1. The summed E-state index contributed by atoms with van der Waals surface area (Å²) < 4.78 is 34.6. The topological polar surface area (TPSA) is 60.3 Å². The van der Waals surface area contributed by atoms with Crippen molar-refractivity contribution in [3.63, 3.8) is 0 Å². The van der Waals surface area contributed by atoms with E-state index < -0.39 is 10.0 Å². The Hall–Kier alpha value is -2.57. The quantitative estimate of drug-likeness (QED) is 0.708. The van der Waals surface area contributed by atoms with Gasteiger partial charge in [-0.1, -0.05) is 30.3 Å². The van der Waals surface area contributed by atoms with Crippen LogP contribution in [0.3, 0.4) is 0 Å². The smallest absolute Gasteiger partial charge is 0.240 e. The maximum Gasteiger partial charge on any atom is 0.240 e. The van der Waals surface area contributed by atoms with Crippen LogP contribution < -0.4 is 9.46 Å². The van der Waals surface area contributed by atoms with Gasteiger partial charge in [0.25, 0.3) is 0 Å². The zero-order chi connectivity index (χ0) is 17.7. The molecule has 0 fully saturated rings. The van der Waals surface area contributed by atoms with Crippen molar-refractivity contribution in [2.45, 2.75) is 18.0 Å². The molecule has 0 aliphatic carbocycles. The molecule has 0 radical (unpaired) electrons. The summed E-state index contributed by atoms with van der Waals surface area (Å²) in [6.45, 7) is 0.932. The molecule has 0 saturated carbocycles. The number of sulfonamides is 1. The first-order valence-electron chi connectivity index (χ1n) is 7.90. The minimum Gasteiger partial charge on any atom is -0.497 e. The molecule has 0 bridgehead atoms. The van der Waals surface area contributed by atoms with Crippen LogP contribution in [0.15, 0.2) is 77.8 Å². The van der Waals surface area contributed by atoms with E-state index in [4.69, 9.17) is 4.74 Å². The van der Waals surface area contributed by atoms with E-state index in [1.807, 2.05) is 53.2 Å². The second-order valence-corrected chi connectivity index (χ2v) is 7.38. The number of methoxy groups -OCH3 is 1. The molecular weight excluding hydrogens is 336 g/mol. The van der Waals surface area contributed by atoms with Gasteiger partial charge in [-0.15, -0.1) is 0 Å². The van der Waals surface area contributed by atoms with E-state index in [0.29, 0.717) is 12.3 Å². The fourth-order valence-electron chi connectivity index (χ4n) is 2.55. The fraction of sp³-hybridized carbons (Fsp3) is 0.158. The van der Waals surface area contributed by atoms with Crippen LogP contribution in [0.5, 0.6) is 5.75 Å². The van der Waals surface area contributed by atoms with E-state index in [9.17, 15) is 8.42 Å². The van der Waals surface area contributed by atoms with Crippen LogP contribution in [0.25, 0.3) is 0 Å². The summed E-state index contributed by atoms with van der Waals surface area (Å²) in [7, 11) is -2.03. The van der Waals surface area contributed by atoms with Gasteiger partial charge in [0.15, 0.2) is 0 Å². The number of rotatable bonds is 7. The lowest BCUT2D eigenvalue weighted by molar-refractivity contribution is 0.414. The highest BCUT2D eigenvalue weighted by atomic mass is 32.2. The molecule has 1 heterocycles. The third kappa shape index (κ3) is 4.29. The van der Waals surface area contributed by atoms with Gasteiger partial charge in [-0.3, -0.25) is 0 Å². The minimum atomic E-state index is -3.57. The van der Waals surface area contributed by atoms with Crippen LogP contribution in [-0.2, 0) is 23.1 Å². The monoisotopic (exact) mass is 356 g/mol. The van der Waals surface area contributed by atoms with E-state index in [1.54, 1.807) is 19.2 Å². The summed E-state index contributed by atoms with van der Waals surface area (Å²) >= 11 is 0. The predicted molar refractivity (Wildman–Crippen MR) is 97.0 cm³/mol. The Balaban J connectivity index is 1.70. The van der Waals surface area contributed by atoms with E-state index in [0.717, 1.165) is 11.3 Å². The average molecular weight is 356 g/mol. The highest BCUT2D eigenvalue weighted by Crippen LogP contribution is 2.16. The fourth-order valence-corrected chi connectivity index (χ4v) is 3.55. The average Bonchev–Trinajstić information content (AvgIpc) is 3.08. The lowest BCUT2D eigenvalue weighted by atomic mass is 10.2. The molecule has 2 aromatic carbocycles. The molecule has 3 rings (SSSR count). The van der Waals surface area contributed by atoms with Crippen molar-refractivity contribution in [2.75, 3.05) is 7.11 Å². The van der Waals surface area contributed by atoms with E-state index >= 15 is 0 Å². The Bertz CT molecular complexity index is 917. The third-order valence-corrected chi connectivity index (χ3v) is 5.35. The molecule has 6 heteroatoms. The van der Waals surface area contributed by atoms with Gasteiger partial charge in [-0.05, 0) is 42.0 Å². The summed E-state index contributed by atoms with van der Waals surface area (Å²) in [4.78, 5) is 0.217. The van der Waals surface area contributed by atoms with Crippen LogP contribution >= 0.6 is 0 Å². The van der Waals surface area contributed by atoms with Crippen LogP contribution in [0.1, 0.15) is 11.3 Å². The Labute approximate surface area is 147 Å². The Kier molecular flexibility index (Phi) is 5.21. The lowest BCUT2D eigenvalue weighted by Gasteiger charge is -2.11. The van der Waals surface area contributed by atoms with Gasteiger partial charge < -0.3 is 9.30 Å². The van der Waals surface area contributed by atoms with Crippen molar-refractivity contribution in [2.24, 2.45) is 0 Å². The van der Waals surface area contributed by atoms with Gasteiger partial charge in [0, 0.05) is 18.4 Å². The van der Waals surface area contributed by atoms with E-state index in [-0.39, 0.29) is 11.4 Å². The lowest BCUT2D eigenvalue weighted by Crippen LogP contribution is -2.24. The molecule has 130 valence electrons. The first kappa shape index (κ1) is 17.3. The summed E-state index contributed by atoms with van der Waals surface area (Å²) in [5.41, 5.74) is 2.07. The van der Waals surface area contributed by atoms with Gasteiger partial charge in [-0.2, -0.15) is 0 Å². The number of hydrogen-bond acceptors (Lipinski definition) is 3. The first-order valence-corrected chi connectivity index (χ1v) is 9.38. The summed E-state index contributed by atoms with van der Waals surface area (Å²) in [5.74, 6) is 0.621. The number of ether oxygens (including phenoxy) is 1. The molecule has 0 unspecified atom stereocenters. The van der Waals surface area contributed by atoms with Crippen LogP contribution in [0.2, 0.25) is 0 Å². The van der Waals surface area contributed by atoms with Crippen LogP contribution in [0, 0.1) is 0 Å². The molecule has 0 aliphatic heterocycles. The molecule has 1 aromatic heterocycles. The molecule has 1 N–H and O–H groups in total. The first-order chi connectivity index (χ1) is 12.1. The molecule has 25 heavy (non-hydrogen) atoms. The van der Waals surface area contributed by atoms with Crippen LogP contribution in [0.4, 0.5) is 0 Å². The third-order valence-electron chi connectivity index (χ3n) is 3.93. The molecule has 0 atom stereocenters. The number of nitrogens with one attached hydrogen (secondary N) is 1.